The highest BCUT2D eigenvalue weighted by molar-refractivity contribution is 6.03. The molecule has 3 aliphatic heterocycles. The van der Waals surface area contributed by atoms with E-state index in [9.17, 15) is 9.90 Å². The molecule has 0 aromatic heterocycles. The molecule has 7 heteroatoms. The lowest BCUT2D eigenvalue weighted by molar-refractivity contribution is -0.0622. The van der Waals surface area contributed by atoms with Crippen LogP contribution in [0.2, 0.25) is 0 Å². The Kier molecular flexibility index (Phi) is 6.04. The first kappa shape index (κ1) is 21.2. The average Bonchev–Trinajstić information content (AvgIpc) is 2.83. The van der Waals surface area contributed by atoms with Gasteiger partial charge in [0.2, 0.25) is 0 Å². The summed E-state index contributed by atoms with van der Waals surface area (Å²) in [6, 6.07) is 15.7. The topological polar surface area (TPSA) is 74.3 Å². The molecule has 2 N–H and O–H groups in total. The molecule has 0 aliphatic carbocycles. The van der Waals surface area contributed by atoms with Crippen LogP contribution in [0.5, 0.6) is 5.75 Å². The zero-order valence-electron chi connectivity index (χ0n) is 18.4. The molecule has 2 saturated heterocycles. The molecule has 0 radical (unpaired) electrons. The van der Waals surface area contributed by atoms with Crippen LogP contribution in [0.3, 0.4) is 0 Å². The largest absolute Gasteiger partial charge is 0.495 e. The number of fused-ring (bicyclic) bond motifs is 3. The second kappa shape index (κ2) is 9.10. The number of hydrogen-bond donors (Lipinski definition) is 2. The van der Waals surface area contributed by atoms with E-state index >= 15 is 0 Å². The number of nitrogens with zero attached hydrogens (tertiary/aromatic N) is 2. The van der Waals surface area contributed by atoms with Gasteiger partial charge in [0, 0.05) is 50.0 Å². The van der Waals surface area contributed by atoms with E-state index in [1.54, 1.807) is 7.11 Å². The second-order valence-corrected chi connectivity index (χ2v) is 8.90. The molecule has 3 heterocycles. The van der Waals surface area contributed by atoms with Crippen LogP contribution in [0.25, 0.3) is 0 Å². The van der Waals surface area contributed by atoms with Gasteiger partial charge in [0.25, 0.3) is 0 Å². The molecule has 2 fully saturated rings. The van der Waals surface area contributed by atoms with Crippen molar-refractivity contribution in [3.05, 3.63) is 54.1 Å². The maximum atomic E-state index is 13.4. The van der Waals surface area contributed by atoms with Crippen molar-refractivity contribution < 1.29 is 19.4 Å². The van der Waals surface area contributed by atoms with Crippen LogP contribution in [0.1, 0.15) is 24.3 Å². The van der Waals surface area contributed by atoms with Crippen LogP contribution < -0.4 is 15.0 Å². The number of para-hydroxylation sites is 3. The zero-order chi connectivity index (χ0) is 22.1. The Morgan fingerprint density at radius 1 is 1.16 bits per heavy atom. The van der Waals surface area contributed by atoms with Crippen LogP contribution in [0, 0.1) is 5.92 Å². The van der Waals surface area contributed by atoms with Crippen LogP contribution in [-0.2, 0) is 4.74 Å². The smallest absolute Gasteiger partial charge is 0.326 e. The number of aliphatic hydroxyl groups excluding tert-OH is 1. The van der Waals surface area contributed by atoms with E-state index in [0.717, 1.165) is 43.9 Å². The van der Waals surface area contributed by atoms with Gasteiger partial charge < -0.3 is 19.9 Å². The van der Waals surface area contributed by atoms with Gasteiger partial charge in [-0.25, -0.2) is 4.79 Å². The summed E-state index contributed by atoms with van der Waals surface area (Å²) >= 11 is 0. The Morgan fingerprint density at radius 3 is 2.69 bits per heavy atom. The summed E-state index contributed by atoms with van der Waals surface area (Å²) in [4.78, 5) is 17.7. The van der Waals surface area contributed by atoms with Crippen molar-refractivity contribution >= 4 is 17.4 Å². The Hall–Kier alpha value is -2.61. The first-order valence-electron chi connectivity index (χ1n) is 11.5. The number of amides is 2. The van der Waals surface area contributed by atoms with Crippen molar-refractivity contribution in [2.75, 3.05) is 50.2 Å². The SMILES string of the molecule is COc1ccccc1NC(=O)N1C[C@@H]2[C@H](c3ccccc31)[C@H](CO)N2CC1CCOCC1. The van der Waals surface area contributed by atoms with Gasteiger partial charge in [-0.05, 0) is 42.5 Å². The monoisotopic (exact) mass is 437 g/mol. The number of likely N-dealkylation sites (tertiary alicyclic amines) is 1. The predicted octanol–water partition coefficient (Wildman–Crippen LogP) is 3.30. The zero-order valence-corrected chi connectivity index (χ0v) is 18.4. The quantitative estimate of drug-likeness (QED) is 0.751. The van der Waals surface area contributed by atoms with E-state index in [-0.39, 0.29) is 30.6 Å². The van der Waals surface area contributed by atoms with Crippen molar-refractivity contribution in [2.45, 2.75) is 30.8 Å². The van der Waals surface area contributed by atoms with E-state index in [0.29, 0.717) is 23.9 Å². The molecule has 7 nitrogen and oxygen atoms in total. The summed E-state index contributed by atoms with van der Waals surface area (Å²) in [5.74, 6) is 1.45. The highest BCUT2D eigenvalue weighted by atomic mass is 16.5. The molecule has 3 aliphatic rings. The fourth-order valence-corrected chi connectivity index (χ4v) is 5.59. The van der Waals surface area contributed by atoms with Gasteiger partial charge in [0.15, 0.2) is 0 Å². The van der Waals surface area contributed by atoms with Gasteiger partial charge in [0.05, 0.1) is 19.4 Å². The van der Waals surface area contributed by atoms with Gasteiger partial charge in [-0.15, -0.1) is 0 Å². The van der Waals surface area contributed by atoms with Gasteiger partial charge in [-0.1, -0.05) is 30.3 Å². The Balaban J connectivity index is 1.40. The summed E-state index contributed by atoms with van der Waals surface area (Å²) in [7, 11) is 1.60. The minimum Gasteiger partial charge on any atom is -0.495 e. The van der Waals surface area contributed by atoms with Crippen LogP contribution >= 0.6 is 0 Å². The molecular formula is C25H31N3O4. The lowest BCUT2D eigenvalue weighted by Crippen LogP contribution is -2.70. The molecule has 0 saturated carbocycles. The number of anilines is 2. The lowest BCUT2D eigenvalue weighted by atomic mass is 9.71. The number of methoxy groups -OCH3 is 1. The number of urea groups is 1. The minimum atomic E-state index is -0.168. The molecule has 0 spiro atoms. The molecular weight excluding hydrogens is 406 g/mol. The molecule has 3 atom stereocenters. The second-order valence-electron chi connectivity index (χ2n) is 8.90. The van der Waals surface area contributed by atoms with Crippen molar-refractivity contribution in [1.29, 1.82) is 0 Å². The Labute approximate surface area is 188 Å². The summed E-state index contributed by atoms with van der Waals surface area (Å²) in [5, 5.41) is 13.2. The summed E-state index contributed by atoms with van der Waals surface area (Å²) < 4.78 is 10.9. The third-order valence-corrected chi connectivity index (χ3v) is 7.23. The van der Waals surface area contributed by atoms with Crippen molar-refractivity contribution in [2.24, 2.45) is 5.92 Å². The van der Waals surface area contributed by atoms with Crippen LogP contribution in [0.4, 0.5) is 16.2 Å². The van der Waals surface area contributed by atoms with Crippen LogP contribution in [0.15, 0.2) is 48.5 Å². The first-order chi connectivity index (χ1) is 15.7. The normalized spacial score (nSPS) is 25.4. The molecule has 2 amide bonds. The number of carbonyl (C=O) groups excluding carboxylic acids is 1. The van der Waals surface area contributed by atoms with E-state index < -0.39 is 0 Å². The molecule has 32 heavy (non-hydrogen) atoms. The summed E-state index contributed by atoms with van der Waals surface area (Å²) in [6.07, 6.45) is 2.11. The number of carbonyl (C=O) groups is 1. The van der Waals surface area contributed by atoms with Gasteiger partial charge >= 0.3 is 6.03 Å². The van der Waals surface area contributed by atoms with E-state index in [4.69, 9.17) is 9.47 Å². The highest BCUT2D eigenvalue weighted by Crippen LogP contribution is 2.48. The summed E-state index contributed by atoms with van der Waals surface area (Å²) in [6.45, 7) is 3.30. The first-order valence-corrected chi connectivity index (χ1v) is 11.5. The number of aliphatic hydroxyl groups is 1. The number of rotatable bonds is 5. The molecule has 5 rings (SSSR count). The molecule has 0 unspecified atom stereocenters. The molecule has 2 aromatic rings. The van der Waals surface area contributed by atoms with Gasteiger partial charge in [-0.3, -0.25) is 9.80 Å². The van der Waals surface area contributed by atoms with Crippen molar-refractivity contribution in [1.82, 2.24) is 4.90 Å². The van der Waals surface area contributed by atoms with E-state index in [2.05, 4.69) is 16.3 Å². The van der Waals surface area contributed by atoms with Crippen LogP contribution in [-0.4, -0.2) is 68.1 Å². The number of benzene rings is 2. The maximum Gasteiger partial charge on any atom is 0.326 e. The lowest BCUT2D eigenvalue weighted by Gasteiger charge is -2.59. The van der Waals surface area contributed by atoms with Gasteiger partial charge in [0.1, 0.15) is 5.75 Å². The minimum absolute atomic E-state index is 0.100. The summed E-state index contributed by atoms with van der Waals surface area (Å²) in [5.41, 5.74) is 2.71. The Bertz CT molecular complexity index is 962. The Morgan fingerprint density at radius 2 is 1.91 bits per heavy atom. The maximum absolute atomic E-state index is 13.4. The van der Waals surface area contributed by atoms with Crippen molar-refractivity contribution in [3.8, 4) is 5.75 Å². The fourth-order valence-electron chi connectivity index (χ4n) is 5.59. The molecule has 0 bridgehead atoms. The van der Waals surface area contributed by atoms with E-state index in [1.807, 2.05) is 47.4 Å². The van der Waals surface area contributed by atoms with E-state index in [1.165, 1.54) is 0 Å². The van der Waals surface area contributed by atoms with Crippen molar-refractivity contribution in [3.63, 3.8) is 0 Å². The predicted molar refractivity (Wildman–Crippen MR) is 123 cm³/mol. The molecule has 170 valence electrons. The third-order valence-electron chi connectivity index (χ3n) is 7.23. The van der Waals surface area contributed by atoms with Gasteiger partial charge in [-0.2, -0.15) is 0 Å². The highest BCUT2D eigenvalue weighted by Gasteiger charge is 2.53. The number of hydrogen-bond acceptors (Lipinski definition) is 5. The third kappa shape index (κ3) is 3.74. The number of nitrogens with one attached hydrogen (secondary N) is 1. The molecule has 2 aromatic carbocycles. The standard InChI is InChI=1S/C25H31N3O4/c1-31-23-9-5-3-7-19(23)26-25(30)28-15-21-24(18-6-2-4-8-20(18)28)22(16-29)27(21)14-17-10-12-32-13-11-17/h2-9,17,21-22,24,29H,10-16H2,1H3,(H,26,30)/t21-,22+,24+/m1/s1. The number of ether oxygens (including phenoxy) is 2. The fraction of sp³-hybridized carbons (Fsp3) is 0.480. The average molecular weight is 438 g/mol.